The van der Waals surface area contributed by atoms with Crippen LogP contribution in [-0.2, 0) is 11.3 Å². The number of carboxylic acids is 1. The highest BCUT2D eigenvalue weighted by Crippen LogP contribution is 2.19. The van der Waals surface area contributed by atoms with Gasteiger partial charge in [-0.15, -0.1) is 0 Å². The zero-order valence-corrected chi connectivity index (χ0v) is 10.8. The number of rotatable bonds is 4. The second-order valence-corrected chi connectivity index (χ2v) is 4.70. The molecular weight excluding hydrogens is 234 g/mol. The van der Waals surface area contributed by atoms with E-state index in [1.807, 2.05) is 0 Å². The fraction of sp³-hybridized carbons (Fsp3) is 0.615. The van der Waals surface area contributed by atoms with E-state index in [0.717, 1.165) is 31.7 Å². The van der Waals surface area contributed by atoms with E-state index in [2.05, 4.69) is 4.90 Å². The van der Waals surface area contributed by atoms with Crippen molar-refractivity contribution in [2.24, 2.45) is 0 Å². The largest absolute Gasteiger partial charge is 0.478 e. The van der Waals surface area contributed by atoms with Gasteiger partial charge in [0, 0.05) is 20.2 Å². The minimum atomic E-state index is -0.930. The molecule has 1 aromatic rings. The summed E-state index contributed by atoms with van der Waals surface area (Å²) < 4.78 is 10.8. The lowest BCUT2D eigenvalue weighted by Gasteiger charge is -2.30. The van der Waals surface area contributed by atoms with E-state index in [4.69, 9.17) is 14.3 Å². The molecule has 0 bridgehead atoms. The van der Waals surface area contributed by atoms with Crippen LogP contribution in [0.4, 0.5) is 0 Å². The number of nitrogens with zero attached hydrogens (tertiary/aromatic N) is 1. The predicted molar refractivity (Wildman–Crippen MR) is 65.7 cm³/mol. The zero-order valence-electron chi connectivity index (χ0n) is 10.8. The number of carbonyl (C=O) groups is 1. The predicted octanol–water partition coefficient (Wildman–Crippen LogP) is 1.90. The SMILES string of the molecule is COC1CCN(Cc2cc(C(=O)O)c(C)o2)CC1. The van der Waals surface area contributed by atoms with Gasteiger partial charge >= 0.3 is 5.97 Å². The maximum Gasteiger partial charge on any atom is 0.339 e. The molecule has 1 aliphatic heterocycles. The third kappa shape index (κ3) is 2.91. The fourth-order valence-corrected chi connectivity index (χ4v) is 2.36. The lowest BCUT2D eigenvalue weighted by Crippen LogP contribution is -2.36. The molecule has 2 rings (SSSR count). The Hall–Kier alpha value is -1.33. The van der Waals surface area contributed by atoms with Crippen molar-refractivity contribution in [2.45, 2.75) is 32.4 Å². The van der Waals surface area contributed by atoms with Gasteiger partial charge in [-0.25, -0.2) is 4.79 Å². The molecule has 0 radical (unpaired) electrons. The first kappa shape index (κ1) is 13.1. The normalized spacial score (nSPS) is 18.1. The number of piperidine rings is 1. The van der Waals surface area contributed by atoms with Gasteiger partial charge in [0.1, 0.15) is 17.1 Å². The number of likely N-dealkylation sites (tertiary alicyclic amines) is 1. The van der Waals surface area contributed by atoms with Gasteiger partial charge in [-0.3, -0.25) is 4.90 Å². The fourth-order valence-electron chi connectivity index (χ4n) is 2.36. The third-order valence-corrected chi connectivity index (χ3v) is 3.45. The van der Waals surface area contributed by atoms with E-state index in [1.165, 1.54) is 0 Å². The van der Waals surface area contributed by atoms with Gasteiger partial charge in [0.05, 0.1) is 12.6 Å². The minimum absolute atomic E-state index is 0.261. The van der Waals surface area contributed by atoms with Crippen LogP contribution in [-0.4, -0.2) is 42.3 Å². The van der Waals surface area contributed by atoms with Gasteiger partial charge in [0.2, 0.25) is 0 Å². The Morgan fingerprint density at radius 1 is 1.56 bits per heavy atom. The van der Waals surface area contributed by atoms with Gasteiger partial charge < -0.3 is 14.3 Å². The van der Waals surface area contributed by atoms with Crippen molar-refractivity contribution in [3.8, 4) is 0 Å². The van der Waals surface area contributed by atoms with Crippen molar-refractivity contribution in [3.63, 3.8) is 0 Å². The molecule has 0 atom stereocenters. The number of aromatic carboxylic acids is 1. The highest BCUT2D eigenvalue weighted by molar-refractivity contribution is 5.88. The number of aryl methyl sites for hydroxylation is 1. The monoisotopic (exact) mass is 253 g/mol. The maximum absolute atomic E-state index is 10.9. The molecule has 1 aliphatic rings. The maximum atomic E-state index is 10.9. The molecule has 1 fully saturated rings. The van der Waals surface area contributed by atoms with E-state index in [-0.39, 0.29) is 5.56 Å². The van der Waals surface area contributed by atoms with Crippen molar-refractivity contribution in [1.29, 1.82) is 0 Å². The average molecular weight is 253 g/mol. The first-order valence-corrected chi connectivity index (χ1v) is 6.18. The number of hydrogen-bond acceptors (Lipinski definition) is 4. The summed E-state index contributed by atoms with van der Waals surface area (Å²) in [5.41, 5.74) is 0.261. The topological polar surface area (TPSA) is 62.9 Å². The van der Waals surface area contributed by atoms with Crippen molar-refractivity contribution in [2.75, 3.05) is 20.2 Å². The van der Waals surface area contributed by atoms with Crippen molar-refractivity contribution in [1.82, 2.24) is 4.90 Å². The first-order valence-electron chi connectivity index (χ1n) is 6.18. The summed E-state index contributed by atoms with van der Waals surface area (Å²) in [6.45, 7) is 4.27. The summed E-state index contributed by atoms with van der Waals surface area (Å²) >= 11 is 0. The summed E-state index contributed by atoms with van der Waals surface area (Å²) in [4.78, 5) is 13.2. The minimum Gasteiger partial charge on any atom is -0.478 e. The number of hydrogen-bond donors (Lipinski definition) is 1. The molecule has 0 spiro atoms. The van der Waals surface area contributed by atoms with Gasteiger partial charge in [-0.1, -0.05) is 0 Å². The van der Waals surface area contributed by atoms with Crippen LogP contribution < -0.4 is 0 Å². The molecule has 0 aliphatic carbocycles. The number of furan rings is 1. The van der Waals surface area contributed by atoms with Gasteiger partial charge in [0.15, 0.2) is 0 Å². The molecule has 100 valence electrons. The molecule has 1 aromatic heterocycles. The van der Waals surface area contributed by atoms with Crippen LogP contribution in [0.25, 0.3) is 0 Å². The number of carboxylic acid groups (broad SMARTS) is 1. The Morgan fingerprint density at radius 3 is 2.72 bits per heavy atom. The smallest absolute Gasteiger partial charge is 0.339 e. The summed E-state index contributed by atoms with van der Waals surface area (Å²) in [5.74, 6) is 0.269. The van der Waals surface area contributed by atoms with Crippen LogP contribution in [0.1, 0.15) is 34.7 Å². The number of ether oxygens (including phenoxy) is 1. The van der Waals surface area contributed by atoms with Crippen LogP contribution in [0.3, 0.4) is 0 Å². The Bertz CT molecular complexity index is 419. The molecule has 0 amide bonds. The Balaban J connectivity index is 1.94. The lowest BCUT2D eigenvalue weighted by atomic mass is 10.1. The first-order chi connectivity index (χ1) is 8.60. The van der Waals surface area contributed by atoms with E-state index in [0.29, 0.717) is 18.4 Å². The Kier molecular flexibility index (Phi) is 4.04. The molecule has 2 heterocycles. The van der Waals surface area contributed by atoms with Crippen LogP contribution in [0.2, 0.25) is 0 Å². The lowest BCUT2D eigenvalue weighted by molar-refractivity contribution is 0.0369. The van der Waals surface area contributed by atoms with Gasteiger partial charge in [-0.2, -0.15) is 0 Å². The zero-order chi connectivity index (χ0) is 13.1. The van der Waals surface area contributed by atoms with Crippen molar-refractivity contribution in [3.05, 3.63) is 23.2 Å². The molecule has 1 saturated heterocycles. The van der Waals surface area contributed by atoms with Crippen LogP contribution in [0, 0.1) is 6.92 Å². The molecular formula is C13H19NO4. The molecule has 18 heavy (non-hydrogen) atoms. The molecule has 1 N–H and O–H groups in total. The van der Waals surface area contributed by atoms with Crippen molar-refractivity contribution >= 4 is 5.97 Å². The average Bonchev–Trinajstić information content (AvgIpc) is 2.71. The third-order valence-electron chi connectivity index (χ3n) is 3.45. The molecule has 0 aromatic carbocycles. The highest BCUT2D eigenvalue weighted by atomic mass is 16.5. The van der Waals surface area contributed by atoms with E-state index in [9.17, 15) is 4.79 Å². The molecule has 5 heteroatoms. The summed E-state index contributed by atoms with van der Waals surface area (Å²) in [5, 5.41) is 8.96. The van der Waals surface area contributed by atoms with Crippen LogP contribution >= 0.6 is 0 Å². The second-order valence-electron chi connectivity index (χ2n) is 4.70. The van der Waals surface area contributed by atoms with Crippen molar-refractivity contribution < 1.29 is 19.1 Å². The Morgan fingerprint density at radius 2 is 2.22 bits per heavy atom. The standard InChI is InChI=1S/C13H19NO4/c1-9-12(13(15)16)7-11(18-9)8-14-5-3-10(17-2)4-6-14/h7,10H,3-6,8H2,1-2H3,(H,15,16). The highest BCUT2D eigenvalue weighted by Gasteiger charge is 2.21. The van der Waals surface area contributed by atoms with E-state index < -0.39 is 5.97 Å². The summed E-state index contributed by atoms with van der Waals surface area (Å²) in [6, 6.07) is 1.63. The molecule has 0 unspecified atom stereocenters. The van der Waals surface area contributed by atoms with E-state index >= 15 is 0 Å². The molecule has 5 nitrogen and oxygen atoms in total. The van der Waals surface area contributed by atoms with E-state index in [1.54, 1.807) is 20.1 Å². The summed E-state index contributed by atoms with van der Waals surface area (Å²) in [6.07, 6.45) is 2.39. The number of methoxy groups -OCH3 is 1. The van der Waals surface area contributed by atoms with Gasteiger partial charge in [0.25, 0.3) is 0 Å². The summed E-state index contributed by atoms with van der Waals surface area (Å²) in [7, 11) is 1.75. The van der Waals surface area contributed by atoms with Crippen LogP contribution in [0.5, 0.6) is 0 Å². The van der Waals surface area contributed by atoms with Gasteiger partial charge in [-0.05, 0) is 25.8 Å². The second kappa shape index (κ2) is 5.54. The van der Waals surface area contributed by atoms with Crippen LogP contribution in [0.15, 0.2) is 10.5 Å². The Labute approximate surface area is 106 Å². The molecule has 0 saturated carbocycles. The quantitative estimate of drug-likeness (QED) is 0.887.